The van der Waals surface area contributed by atoms with E-state index in [0.29, 0.717) is 24.3 Å². The number of nitrogens with zero attached hydrogens (tertiary/aromatic N) is 3. The van der Waals surface area contributed by atoms with E-state index in [1.165, 1.54) is 18.6 Å². The summed E-state index contributed by atoms with van der Waals surface area (Å²) >= 11 is 0. The van der Waals surface area contributed by atoms with Crippen molar-refractivity contribution >= 4 is 17.6 Å². The molecule has 0 radical (unpaired) electrons. The number of aryl methyl sites for hydroxylation is 1. The van der Waals surface area contributed by atoms with Crippen molar-refractivity contribution in [2.45, 2.75) is 19.4 Å². The number of amides is 1. The molecule has 0 saturated heterocycles. The van der Waals surface area contributed by atoms with Crippen molar-refractivity contribution < 1.29 is 14.3 Å². The Labute approximate surface area is 198 Å². The molecule has 3 N–H and O–H groups in total. The van der Waals surface area contributed by atoms with Crippen molar-refractivity contribution in [2.75, 3.05) is 20.8 Å². The van der Waals surface area contributed by atoms with E-state index in [1.54, 1.807) is 25.2 Å². The summed E-state index contributed by atoms with van der Waals surface area (Å²) in [6, 6.07) is 15.3. The largest absolute Gasteiger partial charge is 0.497 e. The van der Waals surface area contributed by atoms with E-state index in [1.807, 2.05) is 42.5 Å². The molecule has 1 heterocycles. The summed E-state index contributed by atoms with van der Waals surface area (Å²) in [6.45, 7) is 0.169. The lowest BCUT2D eigenvalue weighted by Crippen LogP contribution is -2.42. The SMILES string of the molecule is COc1ccc(CN(C(=N)CCc2ccccc2)C(=N)CNC(=O)c2cnccn2)c(OC)c1. The van der Waals surface area contributed by atoms with E-state index in [2.05, 4.69) is 15.3 Å². The Hall–Kier alpha value is -4.27. The maximum Gasteiger partial charge on any atom is 0.271 e. The number of rotatable bonds is 10. The summed E-state index contributed by atoms with van der Waals surface area (Å²) < 4.78 is 10.8. The van der Waals surface area contributed by atoms with Gasteiger partial charge in [0.25, 0.3) is 5.91 Å². The Morgan fingerprint density at radius 1 is 1.03 bits per heavy atom. The fourth-order valence-electron chi connectivity index (χ4n) is 3.32. The summed E-state index contributed by atoms with van der Waals surface area (Å²) in [5, 5.41) is 20.0. The first-order valence-corrected chi connectivity index (χ1v) is 10.7. The highest BCUT2D eigenvalue weighted by Crippen LogP contribution is 2.26. The lowest BCUT2D eigenvalue weighted by atomic mass is 10.1. The van der Waals surface area contributed by atoms with Crippen LogP contribution in [0.2, 0.25) is 0 Å². The molecule has 0 unspecified atom stereocenters. The van der Waals surface area contributed by atoms with E-state index in [9.17, 15) is 4.79 Å². The monoisotopic (exact) mass is 460 g/mol. The van der Waals surface area contributed by atoms with Crippen LogP contribution in [0, 0.1) is 10.8 Å². The highest BCUT2D eigenvalue weighted by molar-refractivity contribution is 6.01. The van der Waals surface area contributed by atoms with Gasteiger partial charge in [-0.3, -0.25) is 20.6 Å². The summed E-state index contributed by atoms with van der Waals surface area (Å²) in [6.07, 6.45) is 5.37. The van der Waals surface area contributed by atoms with Gasteiger partial charge in [-0.05, 0) is 24.1 Å². The third kappa shape index (κ3) is 6.61. The number of amidine groups is 2. The van der Waals surface area contributed by atoms with Gasteiger partial charge in [0.1, 0.15) is 28.9 Å². The van der Waals surface area contributed by atoms with Crippen LogP contribution in [-0.2, 0) is 13.0 Å². The van der Waals surface area contributed by atoms with Crippen LogP contribution in [0.5, 0.6) is 11.5 Å². The first-order valence-electron chi connectivity index (χ1n) is 10.7. The molecule has 2 aromatic carbocycles. The fraction of sp³-hybridized carbons (Fsp3) is 0.240. The van der Waals surface area contributed by atoms with E-state index < -0.39 is 5.91 Å². The second-order valence-corrected chi connectivity index (χ2v) is 7.42. The normalized spacial score (nSPS) is 10.3. The zero-order chi connectivity index (χ0) is 24.3. The zero-order valence-electron chi connectivity index (χ0n) is 19.2. The summed E-state index contributed by atoms with van der Waals surface area (Å²) in [5.41, 5.74) is 2.06. The van der Waals surface area contributed by atoms with Gasteiger partial charge in [0, 0.05) is 30.4 Å². The van der Waals surface area contributed by atoms with Crippen molar-refractivity contribution in [1.29, 1.82) is 10.8 Å². The fourth-order valence-corrected chi connectivity index (χ4v) is 3.32. The molecule has 0 aliphatic heterocycles. The predicted molar refractivity (Wildman–Crippen MR) is 130 cm³/mol. The second kappa shape index (κ2) is 12.1. The highest BCUT2D eigenvalue weighted by atomic mass is 16.5. The quantitative estimate of drug-likeness (QED) is 0.315. The van der Waals surface area contributed by atoms with Gasteiger partial charge in [-0.25, -0.2) is 4.98 Å². The number of ether oxygens (including phenoxy) is 2. The van der Waals surface area contributed by atoms with E-state index in [4.69, 9.17) is 20.3 Å². The number of carbonyl (C=O) groups is 1. The molecule has 9 nitrogen and oxygen atoms in total. The molecule has 1 aromatic heterocycles. The number of hydrogen-bond acceptors (Lipinski definition) is 7. The highest BCUT2D eigenvalue weighted by Gasteiger charge is 2.19. The molecular formula is C25H28N6O3. The van der Waals surface area contributed by atoms with Gasteiger partial charge >= 0.3 is 0 Å². The van der Waals surface area contributed by atoms with Gasteiger partial charge < -0.3 is 19.7 Å². The molecule has 0 aliphatic rings. The Bertz CT molecular complexity index is 1120. The van der Waals surface area contributed by atoms with Crippen LogP contribution in [0.15, 0.2) is 67.1 Å². The van der Waals surface area contributed by atoms with Crippen molar-refractivity contribution in [3.63, 3.8) is 0 Å². The maximum absolute atomic E-state index is 12.4. The van der Waals surface area contributed by atoms with E-state index in [-0.39, 0.29) is 30.5 Å². The van der Waals surface area contributed by atoms with Crippen molar-refractivity contribution in [3.8, 4) is 11.5 Å². The molecule has 0 bridgehead atoms. The first-order chi connectivity index (χ1) is 16.5. The van der Waals surface area contributed by atoms with E-state index in [0.717, 1.165) is 11.1 Å². The topological polar surface area (TPSA) is 124 Å². The molecule has 0 saturated carbocycles. The molecule has 9 heteroatoms. The minimum atomic E-state index is -0.435. The molecule has 176 valence electrons. The third-order valence-electron chi connectivity index (χ3n) is 5.18. The summed E-state index contributed by atoms with van der Waals surface area (Å²) in [7, 11) is 3.14. The molecule has 34 heavy (non-hydrogen) atoms. The number of nitrogens with one attached hydrogen (secondary N) is 3. The number of carbonyl (C=O) groups excluding carboxylic acids is 1. The first kappa shape index (κ1) is 24.4. The average Bonchev–Trinajstić information content (AvgIpc) is 2.89. The number of aromatic nitrogens is 2. The van der Waals surface area contributed by atoms with Gasteiger partial charge in [-0.15, -0.1) is 0 Å². The van der Waals surface area contributed by atoms with Crippen LogP contribution in [0.25, 0.3) is 0 Å². The number of benzene rings is 2. The van der Waals surface area contributed by atoms with Gasteiger partial charge in [0.15, 0.2) is 0 Å². The Balaban J connectivity index is 1.75. The van der Waals surface area contributed by atoms with Crippen molar-refractivity contribution in [2.24, 2.45) is 0 Å². The summed E-state index contributed by atoms with van der Waals surface area (Å²) in [4.78, 5) is 21.8. The van der Waals surface area contributed by atoms with Crippen LogP contribution in [0.1, 0.15) is 28.0 Å². The van der Waals surface area contributed by atoms with E-state index >= 15 is 0 Å². The molecule has 0 spiro atoms. The third-order valence-corrected chi connectivity index (χ3v) is 5.18. The molecule has 0 fully saturated rings. The molecule has 3 aromatic rings. The Morgan fingerprint density at radius 3 is 2.50 bits per heavy atom. The number of hydrogen-bond donors (Lipinski definition) is 3. The van der Waals surface area contributed by atoms with Gasteiger partial charge in [-0.1, -0.05) is 30.3 Å². The maximum atomic E-state index is 12.4. The Kier molecular flexibility index (Phi) is 8.67. The minimum absolute atomic E-state index is 0.0679. The van der Waals surface area contributed by atoms with Crippen molar-refractivity contribution in [3.05, 3.63) is 83.9 Å². The van der Waals surface area contributed by atoms with Gasteiger partial charge in [0.05, 0.1) is 33.5 Å². The van der Waals surface area contributed by atoms with Gasteiger partial charge in [-0.2, -0.15) is 0 Å². The second-order valence-electron chi connectivity index (χ2n) is 7.42. The lowest BCUT2D eigenvalue weighted by Gasteiger charge is -2.27. The molecule has 0 atom stereocenters. The molecule has 1 amide bonds. The van der Waals surface area contributed by atoms with Crippen LogP contribution in [0.3, 0.4) is 0 Å². The van der Waals surface area contributed by atoms with Crippen molar-refractivity contribution in [1.82, 2.24) is 20.2 Å². The van der Waals surface area contributed by atoms with Gasteiger partial charge in [0.2, 0.25) is 0 Å². The molecular weight excluding hydrogens is 432 g/mol. The minimum Gasteiger partial charge on any atom is -0.497 e. The molecule has 0 aliphatic carbocycles. The predicted octanol–water partition coefficient (Wildman–Crippen LogP) is 3.31. The smallest absolute Gasteiger partial charge is 0.271 e. The summed E-state index contributed by atoms with van der Waals surface area (Å²) in [5.74, 6) is 1.15. The zero-order valence-corrected chi connectivity index (χ0v) is 19.2. The number of methoxy groups -OCH3 is 2. The Morgan fingerprint density at radius 2 is 1.82 bits per heavy atom. The van der Waals surface area contributed by atoms with Crippen LogP contribution in [-0.4, -0.2) is 53.2 Å². The van der Waals surface area contributed by atoms with Crippen LogP contribution < -0.4 is 14.8 Å². The lowest BCUT2D eigenvalue weighted by molar-refractivity contribution is 0.0953. The average molecular weight is 461 g/mol. The van der Waals surface area contributed by atoms with Crippen LogP contribution in [0.4, 0.5) is 0 Å². The standard InChI is InChI=1S/C25H28N6O3/c1-33-20-10-9-19(22(14-20)34-2)17-31(23(26)11-8-18-6-4-3-5-7-18)24(27)16-30-25(32)21-15-28-12-13-29-21/h3-7,9-10,12-15,26-27H,8,11,16-17H2,1-2H3,(H,30,32). The van der Waals surface area contributed by atoms with Crippen LogP contribution >= 0.6 is 0 Å². The molecule has 3 rings (SSSR count).